The number of nitrogens with zero attached hydrogens (tertiary/aromatic N) is 2. The Hall–Kier alpha value is -1.25. The van der Waals surface area contributed by atoms with Crippen molar-refractivity contribution >= 4 is 5.82 Å². The van der Waals surface area contributed by atoms with Gasteiger partial charge in [0.05, 0.1) is 6.10 Å². The molecule has 1 fully saturated rings. The predicted octanol–water partition coefficient (Wildman–Crippen LogP) is 2.00. The summed E-state index contributed by atoms with van der Waals surface area (Å²) in [4.78, 5) is 6.45. The van der Waals surface area contributed by atoms with Crippen LogP contribution < -0.4 is 9.64 Å². The van der Waals surface area contributed by atoms with E-state index >= 15 is 0 Å². The number of aromatic nitrogens is 1. The van der Waals surface area contributed by atoms with Gasteiger partial charge in [0.25, 0.3) is 0 Å². The Labute approximate surface area is 84.7 Å². The molecule has 3 heteroatoms. The van der Waals surface area contributed by atoms with E-state index in [0.29, 0.717) is 6.10 Å². The van der Waals surface area contributed by atoms with Gasteiger partial charge in [0.15, 0.2) is 11.6 Å². The summed E-state index contributed by atoms with van der Waals surface area (Å²) < 4.78 is 5.77. The van der Waals surface area contributed by atoms with Crippen LogP contribution in [0.5, 0.6) is 5.75 Å². The Bertz CT molecular complexity index is 332. The van der Waals surface area contributed by atoms with Gasteiger partial charge in [-0.05, 0) is 31.9 Å². The molecule has 0 radical (unpaired) electrons. The summed E-state index contributed by atoms with van der Waals surface area (Å²) >= 11 is 0. The zero-order chi connectivity index (χ0) is 10.1. The van der Waals surface area contributed by atoms with Gasteiger partial charge in [-0.1, -0.05) is 0 Å². The van der Waals surface area contributed by atoms with Crippen LogP contribution in [-0.2, 0) is 0 Å². The maximum Gasteiger partial charge on any atom is 0.171 e. The minimum atomic E-state index is 0.429. The standard InChI is InChI=1S/C11H16N2O/c1-8-4-7-10(14-9-5-6-9)11(12-8)13(2)3/h4,7,9H,5-6H2,1-3H3. The third kappa shape index (κ3) is 1.97. The van der Waals surface area contributed by atoms with Gasteiger partial charge in [-0.25, -0.2) is 4.98 Å². The van der Waals surface area contributed by atoms with Crippen molar-refractivity contribution in [1.29, 1.82) is 0 Å². The van der Waals surface area contributed by atoms with Gasteiger partial charge in [-0.15, -0.1) is 0 Å². The van der Waals surface area contributed by atoms with Crippen LogP contribution in [0.15, 0.2) is 12.1 Å². The summed E-state index contributed by atoms with van der Waals surface area (Å²) in [6.45, 7) is 1.99. The third-order valence-electron chi connectivity index (χ3n) is 2.22. The molecular weight excluding hydrogens is 176 g/mol. The van der Waals surface area contributed by atoms with Crippen LogP contribution in [0.25, 0.3) is 0 Å². The van der Waals surface area contributed by atoms with Crippen molar-refractivity contribution in [3.8, 4) is 5.75 Å². The molecule has 0 N–H and O–H groups in total. The van der Waals surface area contributed by atoms with Crippen LogP contribution in [0.2, 0.25) is 0 Å². The van der Waals surface area contributed by atoms with E-state index in [9.17, 15) is 0 Å². The lowest BCUT2D eigenvalue weighted by Gasteiger charge is -2.16. The monoisotopic (exact) mass is 192 g/mol. The molecular formula is C11H16N2O. The topological polar surface area (TPSA) is 25.4 Å². The first kappa shape index (κ1) is 9.31. The second-order valence-corrected chi connectivity index (χ2v) is 3.99. The molecule has 2 rings (SSSR count). The lowest BCUT2D eigenvalue weighted by molar-refractivity contribution is 0.302. The number of aryl methyl sites for hydroxylation is 1. The highest BCUT2D eigenvalue weighted by molar-refractivity contribution is 5.52. The largest absolute Gasteiger partial charge is 0.487 e. The highest BCUT2D eigenvalue weighted by Gasteiger charge is 2.25. The summed E-state index contributed by atoms with van der Waals surface area (Å²) in [7, 11) is 3.98. The van der Waals surface area contributed by atoms with Crippen LogP contribution in [0, 0.1) is 6.92 Å². The molecule has 0 aliphatic heterocycles. The summed E-state index contributed by atoms with van der Waals surface area (Å²) in [5.74, 6) is 1.83. The summed E-state index contributed by atoms with van der Waals surface area (Å²) in [5.41, 5.74) is 1.02. The van der Waals surface area contributed by atoms with Crippen molar-refractivity contribution in [2.45, 2.75) is 25.9 Å². The summed E-state index contributed by atoms with van der Waals surface area (Å²) in [6, 6.07) is 4.00. The Kier molecular flexibility index (Phi) is 2.32. The molecule has 1 aromatic heterocycles. The van der Waals surface area contributed by atoms with E-state index in [2.05, 4.69) is 4.98 Å². The maximum atomic E-state index is 5.77. The number of rotatable bonds is 3. The van der Waals surface area contributed by atoms with Gasteiger partial charge in [-0.2, -0.15) is 0 Å². The van der Waals surface area contributed by atoms with Crippen molar-refractivity contribution in [2.75, 3.05) is 19.0 Å². The first-order valence-electron chi connectivity index (χ1n) is 4.98. The van der Waals surface area contributed by atoms with Crippen molar-refractivity contribution < 1.29 is 4.74 Å². The van der Waals surface area contributed by atoms with Gasteiger partial charge in [0, 0.05) is 19.8 Å². The first-order valence-corrected chi connectivity index (χ1v) is 4.98. The fourth-order valence-corrected chi connectivity index (χ4v) is 1.31. The van der Waals surface area contributed by atoms with E-state index in [1.165, 1.54) is 12.8 Å². The fraction of sp³-hybridized carbons (Fsp3) is 0.545. The molecule has 1 aliphatic carbocycles. The van der Waals surface area contributed by atoms with Crippen molar-refractivity contribution in [2.24, 2.45) is 0 Å². The van der Waals surface area contributed by atoms with Gasteiger partial charge < -0.3 is 9.64 Å². The average Bonchev–Trinajstić information content (AvgIpc) is 2.91. The van der Waals surface area contributed by atoms with Crippen LogP contribution >= 0.6 is 0 Å². The van der Waals surface area contributed by atoms with Crippen LogP contribution in [0.1, 0.15) is 18.5 Å². The molecule has 0 atom stereocenters. The zero-order valence-electron chi connectivity index (χ0n) is 8.95. The molecule has 14 heavy (non-hydrogen) atoms. The molecule has 0 bridgehead atoms. The van der Waals surface area contributed by atoms with Gasteiger partial charge in [0.1, 0.15) is 0 Å². The molecule has 0 spiro atoms. The Morgan fingerprint density at radius 3 is 2.64 bits per heavy atom. The van der Waals surface area contributed by atoms with E-state index in [-0.39, 0.29) is 0 Å². The number of hydrogen-bond donors (Lipinski definition) is 0. The molecule has 0 aromatic carbocycles. The van der Waals surface area contributed by atoms with E-state index in [1.807, 2.05) is 38.1 Å². The highest BCUT2D eigenvalue weighted by atomic mass is 16.5. The molecule has 0 saturated heterocycles. The minimum absolute atomic E-state index is 0.429. The lowest BCUT2D eigenvalue weighted by atomic mass is 10.3. The normalized spacial score (nSPS) is 15.4. The Balaban J connectivity index is 2.26. The van der Waals surface area contributed by atoms with Gasteiger partial charge in [-0.3, -0.25) is 0 Å². The number of hydrogen-bond acceptors (Lipinski definition) is 3. The Morgan fingerprint density at radius 1 is 1.36 bits per heavy atom. The molecule has 3 nitrogen and oxygen atoms in total. The molecule has 76 valence electrons. The number of anilines is 1. The van der Waals surface area contributed by atoms with Crippen LogP contribution in [0.4, 0.5) is 5.82 Å². The fourth-order valence-electron chi connectivity index (χ4n) is 1.31. The molecule has 0 unspecified atom stereocenters. The molecule has 0 amide bonds. The second kappa shape index (κ2) is 3.48. The van der Waals surface area contributed by atoms with Crippen LogP contribution in [0.3, 0.4) is 0 Å². The summed E-state index contributed by atoms with van der Waals surface area (Å²) in [6.07, 6.45) is 2.79. The minimum Gasteiger partial charge on any atom is -0.487 e. The van der Waals surface area contributed by atoms with Gasteiger partial charge >= 0.3 is 0 Å². The SMILES string of the molecule is Cc1ccc(OC2CC2)c(N(C)C)n1. The highest BCUT2D eigenvalue weighted by Crippen LogP contribution is 2.32. The lowest BCUT2D eigenvalue weighted by Crippen LogP contribution is -2.13. The van der Waals surface area contributed by atoms with E-state index in [1.54, 1.807) is 0 Å². The summed E-state index contributed by atoms with van der Waals surface area (Å²) in [5, 5.41) is 0. The third-order valence-corrected chi connectivity index (χ3v) is 2.22. The predicted molar refractivity (Wildman–Crippen MR) is 57.0 cm³/mol. The van der Waals surface area contributed by atoms with Crippen molar-refractivity contribution in [3.05, 3.63) is 17.8 Å². The van der Waals surface area contributed by atoms with E-state index < -0.39 is 0 Å². The maximum absolute atomic E-state index is 5.77. The number of ether oxygens (including phenoxy) is 1. The van der Waals surface area contributed by atoms with Crippen LogP contribution in [-0.4, -0.2) is 25.2 Å². The van der Waals surface area contributed by atoms with E-state index in [4.69, 9.17) is 4.74 Å². The van der Waals surface area contributed by atoms with Gasteiger partial charge in [0.2, 0.25) is 0 Å². The first-order chi connectivity index (χ1) is 6.66. The quantitative estimate of drug-likeness (QED) is 0.732. The molecule has 1 aliphatic rings. The smallest absolute Gasteiger partial charge is 0.171 e. The molecule has 1 aromatic rings. The zero-order valence-corrected chi connectivity index (χ0v) is 8.95. The number of pyridine rings is 1. The molecule has 1 saturated carbocycles. The van der Waals surface area contributed by atoms with Crippen molar-refractivity contribution in [3.63, 3.8) is 0 Å². The average molecular weight is 192 g/mol. The second-order valence-electron chi connectivity index (χ2n) is 3.99. The van der Waals surface area contributed by atoms with Crippen molar-refractivity contribution in [1.82, 2.24) is 4.98 Å². The molecule has 1 heterocycles. The Morgan fingerprint density at radius 2 is 2.07 bits per heavy atom. The van der Waals surface area contributed by atoms with E-state index in [0.717, 1.165) is 17.3 Å².